The van der Waals surface area contributed by atoms with Crippen LogP contribution in [0.15, 0.2) is 0 Å². The highest BCUT2D eigenvalue weighted by molar-refractivity contribution is 4.73. The maximum Gasteiger partial charge on any atom is 0.0476 e. The van der Waals surface area contributed by atoms with Gasteiger partial charge >= 0.3 is 0 Å². The quantitative estimate of drug-likeness (QED) is 0.732. The molecule has 0 heterocycles. The molecule has 0 aromatic heterocycles. The molecule has 2 nitrogen and oxygen atoms in total. The van der Waals surface area contributed by atoms with Crippen molar-refractivity contribution in [1.29, 1.82) is 0 Å². The van der Waals surface area contributed by atoms with E-state index >= 15 is 0 Å². The number of hydrogen-bond acceptors (Lipinski definition) is 2. The van der Waals surface area contributed by atoms with Gasteiger partial charge in [-0.2, -0.15) is 0 Å². The van der Waals surface area contributed by atoms with Crippen molar-refractivity contribution < 1.29 is 4.74 Å². The lowest BCUT2D eigenvalue weighted by molar-refractivity contribution is 0.182. The van der Waals surface area contributed by atoms with Crippen LogP contribution in [0.25, 0.3) is 0 Å². The van der Waals surface area contributed by atoms with E-state index in [4.69, 9.17) is 4.74 Å². The fourth-order valence-electron chi connectivity index (χ4n) is 2.30. The average molecular weight is 213 g/mol. The van der Waals surface area contributed by atoms with Crippen LogP contribution in [0.5, 0.6) is 0 Å². The molecular formula is C13H27NO. The van der Waals surface area contributed by atoms with E-state index in [1.807, 2.05) is 0 Å². The van der Waals surface area contributed by atoms with Gasteiger partial charge in [0.25, 0.3) is 0 Å². The van der Waals surface area contributed by atoms with Gasteiger partial charge in [0, 0.05) is 19.8 Å². The van der Waals surface area contributed by atoms with Crippen molar-refractivity contribution >= 4 is 0 Å². The SMILES string of the molecule is COCCC(C)NCC1CCC(C)CC1. The molecule has 15 heavy (non-hydrogen) atoms. The van der Waals surface area contributed by atoms with E-state index in [1.54, 1.807) is 7.11 Å². The fourth-order valence-corrected chi connectivity index (χ4v) is 2.30. The number of hydrogen-bond donors (Lipinski definition) is 1. The van der Waals surface area contributed by atoms with E-state index in [2.05, 4.69) is 19.2 Å². The van der Waals surface area contributed by atoms with Gasteiger partial charge in [-0.1, -0.05) is 19.8 Å². The third kappa shape index (κ3) is 5.53. The van der Waals surface area contributed by atoms with Crippen molar-refractivity contribution in [1.82, 2.24) is 5.32 Å². The number of rotatable bonds is 6. The highest BCUT2D eigenvalue weighted by atomic mass is 16.5. The van der Waals surface area contributed by atoms with Crippen LogP contribution in [-0.4, -0.2) is 26.3 Å². The highest BCUT2D eigenvalue weighted by Crippen LogP contribution is 2.27. The molecular weight excluding hydrogens is 186 g/mol. The first kappa shape index (κ1) is 13.0. The molecule has 1 fully saturated rings. The normalized spacial score (nSPS) is 29.0. The molecule has 1 aliphatic carbocycles. The van der Waals surface area contributed by atoms with Crippen LogP contribution in [0.4, 0.5) is 0 Å². The van der Waals surface area contributed by atoms with E-state index < -0.39 is 0 Å². The van der Waals surface area contributed by atoms with Crippen molar-refractivity contribution in [2.75, 3.05) is 20.3 Å². The second-order valence-corrected chi connectivity index (χ2v) is 5.22. The van der Waals surface area contributed by atoms with Gasteiger partial charge in [-0.3, -0.25) is 0 Å². The van der Waals surface area contributed by atoms with Crippen molar-refractivity contribution in [2.45, 2.75) is 52.0 Å². The van der Waals surface area contributed by atoms with Crippen LogP contribution in [0.2, 0.25) is 0 Å². The number of methoxy groups -OCH3 is 1. The van der Waals surface area contributed by atoms with Gasteiger partial charge < -0.3 is 10.1 Å². The van der Waals surface area contributed by atoms with E-state index in [-0.39, 0.29) is 0 Å². The molecule has 0 saturated heterocycles. The van der Waals surface area contributed by atoms with Gasteiger partial charge in [0.2, 0.25) is 0 Å². The number of ether oxygens (including phenoxy) is 1. The summed E-state index contributed by atoms with van der Waals surface area (Å²) in [6.07, 6.45) is 6.83. The summed E-state index contributed by atoms with van der Waals surface area (Å²) >= 11 is 0. The first-order chi connectivity index (χ1) is 7.22. The number of nitrogens with one attached hydrogen (secondary N) is 1. The Morgan fingerprint density at radius 1 is 1.27 bits per heavy atom. The minimum atomic E-state index is 0.601. The molecule has 0 radical (unpaired) electrons. The van der Waals surface area contributed by atoms with Crippen LogP contribution in [0, 0.1) is 11.8 Å². The molecule has 90 valence electrons. The zero-order valence-electron chi connectivity index (χ0n) is 10.6. The second kappa shape index (κ2) is 7.24. The van der Waals surface area contributed by atoms with Crippen molar-refractivity contribution in [3.05, 3.63) is 0 Å². The summed E-state index contributed by atoms with van der Waals surface area (Å²) in [6.45, 7) is 6.71. The summed E-state index contributed by atoms with van der Waals surface area (Å²) in [5.74, 6) is 1.89. The smallest absolute Gasteiger partial charge is 0.0476 e. The third-order valence-corrected chi connectivity index (χ3v) is 3.65. The zero-order valence-corrected chi connectivity index (χ0v) is 10.6. The Labute approximate surface area is 94.8 Å². The Kier molecular flexibility index (Phi) is 6.26. The summed E-state index contributed by atoms with van der Waals surface area (Å²) in [5, 5.41) is 3.62. The predicted octanol–water partition coefficient (Wildman–Crippen LogP) is 2.83. The van der Waals surface area contributed by atoms with Gasteiger partial charge in [-0.15, -0.1) is 0 Å². The minimum absolute atomic E-state index is 0.601. The van der Waals surface area contributed by atoms with Gasteiger partial charge in [0.1, 0.15) is 0 Å². The summed E-state index contributed by atoms with van der Waals surface area (Å²) < 4.78 is 5.08. The summed E-state index contributed by atoms with van der Waals surface area (Å²) in [5.41, 5.74) is 0. The second-order valence-electron chi connectivity index (χ2n) is 5.22. The van der Waals surface area contributed by atoms with Crippen molar-refractivity contribution in [3.8, 4) is 0 Å². The monoisotopic (exact) mass is 213 g/mol. The molecule has 1 unspecified atom stereocenters. The largest absolute Gasteiger partial charge is 0.385 e. The van der Waals surface area contributed by atoms with E-state index in [1.165, 1.54) is 32.2 Å². The predicted molar refractivity (Wildman–Crippen MR) is 65.1 cm³/mol. The average Bonchev–Trinajstić information content (AvgIpc) is 2.25. The van der Waals surface area contributed by atoms with Gasteiger partial charge in [0.05, 0.1) is 0 Å². The Bertz CT molecular complexity index is 153. The molecule has 0 bridgehead atoms. The molecule has 1 rings (SSSR count). The lowest BCUT2D eigenvalue weighted by Crippen LogP contribution is -2.33. The zero-order chi connectivity index (χ0) is 11.1. The lowest BCUT2D eigenvalue weighted by atomic mass is 9.83. The molecule has 0 amide bonds. The van der Waals surface area contributed by atoms with Gasteiger partial charge in [0.15, 0.2) is 0 Å². The molecule has 0 aromatic rings. The maximum atomic E-state index is 5.08. The van der Waals surface area contributed by atoms with Crippen LogP contribution in [0.1, 0.15) is 46.0 Å². The van der Waals surface area contributed by atoms with Crippen LogP contribution >= 0.6 is 0 Å². The molecule has 0 spiro atoms. The molecule has 0 aromatic carbocycles. The molecule has 1 saturated carbocycles. The maximum absolute atomic E-state index is 5.08. The van der Waals surface area contributed by atoms with Gasteiger partial charge in [-0.25, -0.2) is 0 Å². The lowest BCUT2D eigenvalue weighted by Gasteiger charge is -2.27. The van der Waals surface area contributed by atoms with E-state index in [9.17, 15) is 0 Å². The van der Waals surface area contributed by atoms with Crippen LogP contribution in [0.3, 0.4) is 0 Å². The third-order valence-electron chi connectivity index (χ3n) is 3.65. The van der Waals surface area contributed by atoms with Crippen molar-refractivity contribution in [2.24, 2.45) is 11.8 Å². The van der Waals surface area contributed by atoms with E-state index in [0.717, 1.165) is 24.9 Å². The first-order valence-electron chi connectivity index (χ1n) is 6.44. The van der Waals surface area contributed by atoms with Gasteiger partial charge in [-0.05, 0) is 44.6 Å². The molecule has 2 heteroatoms. The van der Waals surface area contributed by atoms with Crippen LogP contribution in [-0.2, 0) is 4.74 Å². The Balaban J connectivity index is 2.04. The highest BCUT2D eigenvalue weighted by Gasteiger charge is 2.18. The summed E-state index contributed by atoms with van der Waals surface area (Å²) in [6, 6.07) is 0.601. The standard InChI is InChI=1S/C13H27NO/c1-11-4-6-13(7-5-11)10-14-12(2)8-9-15-3/h11-14H,4-10H2,1-3H3. The molecule has 1 N–H and O–H groups in total. The topological polar surface area (TPSA) is 21.3 Å². The molecule has 0 aliphatic heterocycles. The Hall–Kier alpha value is -0.0800. The molecule has 1 aliphatic rings. The van der Waals surface area contributed by atoms with Crippen molar-refractivity contribution in [3.63, 3.8) is 0 Å². The summed E-state index contributed by atoms with van der Waals surface area (Å²) in [7, 11) is 1.77. The summed E-state index contributed by atoms with van der Waals surface area (Å²) in [4.78, 5) is 0. The fraction of sp³-hybridized carbons (Fsp3) is 1.00. The molecule has 1 atom stereocenters. The Morgan fingerprint density at radius 3 is 2.53 bits per heavy atom. The van der Waals surface area contributed by atoms with Crippen LogP contribution < -0.4 is 5.32 Å². The first-order valence-corrected chi connectivity index (χ1v) is 6.44. The Morgan fingerprint density at radius 2 is 1.93 bits per heavy atom. The van der Waals surface area contributed by atoms with E-state index in [0.29, 0.717) is 6.04 Å². The minimum Gasteiger partial charge on any atom is -0.385 e.